The molecule has 118 valence electrons. The van der Waals surface area contributed by atoms with E-state index >= 15 is 0 Å². The number of likely N-dealkylation sites (tertiary alicyclic amines) is 1. The molecule has 1 N–H and O–H groups in total. The highest BCUT2D eigenvalue weighted by molar-refractivity contribution is 5.97. The van der Waals surface area contributed by atoms with Crippen molar-refractivity contribution in [3.05, 3.63) is 35.4 Å². The second kappa shape index (κ2) is 6.92. The number of carbonyl (C=O) groups is 2. The van der Waals surface area contributed by atoms with Gasteiger partial charge < -0.3 is 10.2 Å². The van der Waals surface area contributed by atoms with Crippen LogP contribution in [0.5, 0.6) is 0 Å². The third kappa shape index (κ3) is 3.65. The van der Waals surface area contributed by atoms with Crippen LogP contribution in [0, 0.1) is 0 Å². The largest absolute Gasteiger partial charge is 0.353 e. The summed E-state index contributed by atoms with van der Waals surface area (Å²) < 4.78 is 0. The van der Waals surface area contributed by atoms with E-state index in [9.17, 15) is 9.59 Å². The van der Waals surface area contributed by atoms with Gasteiger partial charge in [-0.05, 0) is 43.6 Å². The molecular formula is C17H23N3O2. The van der Waals surface area contributed by atoms with E-state index in [1.54, 1.807) is 4.90 Å². The minimum atomic E-state index is -0.0821. The van der Waals surface area contributed by atoms with Crippen LogP contribution in [0.15, 0.2) is 24.3 Å². The molecule has 0 unspecified atom stereocenters. The number of nitrogens with zero attached hydrogens (tertiary/aromatic N) is 2. The van der Waals surface area contributed by atoms with Gasteiger partial charge in [-0.2, -0.15) is 0 Å². The maximum atomic E-state index is 12.4. The average Bonchev–Trinajstić information content (AvgIpc) is 2.56. The van der Waals surface area contributed by atoms with Gasteiger partial charge in [-0.25, -0.2) is 0 Å². The predicted octanol–water partition coefficient (Wildman–Crippen LogP) is 1.24. The summed E-state index contributed by atoms with van der Waals surface area (Å²) >= 11 is 0. The SMILES string of the molecule is O=C1CN(C(=O)c2ccc(CN3CCCCC3)cc2)CCN1. The first-order valence-electron chi connectivity index (χ1n) is 8.10. The fourth-order valence-electron chi connectivity index (χ4n) is 3.12. The van der Waals surface area contributed by atoms with Gasteiger partial charge >= 0.3 is 0 Å². The molecule has 2 aliphatic rings. The standard InChI is InChI=1S/C17H23N3O2/c21-16-13-20(11-8-18-16)17(22)15-6-4-14(5-7-15)12-19-9-2-1-3-10-19/h4-7H,1-3,8-13H2,(H,18,21). The smallest absolute Gasteiger partial charge is 0.254 e. The molecule has 1 aromatic rings. The molecule has 1 aromatic carbocycles. The van der Waals surface area contributed by atoms with Crippen LogP contribution in [0.2, 0.25) is 0 Å². The maximum absolute atomic E-state index is 12.4. The van der Waals surface area contributed by atoms with Crippen molar-refractivity contribution in [2.45, 2.75) is 25.8 Å². The lowest BCUT2D eigenvalue weighted by Crippen LogP contribution is -2.49. The summed E-state index contributed by atoms with van der Waals surface area (Å²) in [6, 6.07) is 7.83. The number of benzene rings is 1. The second-order valence-electron chi connectivity index (χ2n) is 6.11. The highest BCUT2D eigenvalue weighted by Crippen LogP contribution is 2.14. The molecule has 0 atom stereocenters. The Morgan fingerprint density at radius 3 is 2.45 bits per heavy atom. The van der Waals surface area contributed by atoms with E-state index in [1.807, 2.05) is 24.3 Å². The van der Waals surface area contributed by atoms with Crippen LogP contribution in [0.3, 0.4) is 0 Å². The summed E-state index contributed by atoms with van der Waals surface area (Å²) in [5.41, 5.74) is 1.91. The van der Waals surface area contributed by atoms with Crippen molar-refractivity contribution in [3.63, 3.8) is 0 Å². The molecule has 2 heterocycles. The van der Waals surface area contributed by atoms with E-state index in [0.717, 1.165) is 6.54 Å². The molecular weight excluding hydrogens is 278 g/mol. The molecule has 22 heavy (non-hydrogen) atoms. The van der Waals surface area contributed by atoms with Gasteiger partial charge in [0, 0.05) is 25.2 Å². The van der Waals surface area contributed by atoms with Crippen molar-refractivity contribution < 1.29 is 9.59 Å². The van der Waals surface area contributed by atoms with Crippen LogP contribution >= 0.6 is 0 Å². The van der Waals surface area contributed by atoms with Crippen LogP contribution in [-0.4, -0.2) is 54.3 Å². The van der Waals surface area contributed by atoms with E-state index in [1.165, 1.54) is 37.9 Å². The Labute approximate surface area is 131 Å². The zero-order chi connectivity index (χ0) is 15.4. The molecule has 2 fully saturated rings. The molecule has 2 saturated heterocycles. The van der Waals surface area contributed by atoms with E-state index in [0.29, 0.717) is 18.7 Å². The van der Waals surface area contributed by atoms with Crippen LogP contribution < -0.4 is 5.32 Å². The minimum absolute atomic E-state index is 0.0561. The van der Waals surface area contributed by atoms with E-state index in [-0.39, 0.29) is 18.4 Å². The van der Waals surface area contributed by atoms with Gasteiger partial charge in [0.15, 0.2) is 0 Å². The number of piperazine rings is 1. The Morgan fingerprint density at radius 1 is 1.05 bits per heavy atom. The number of hydrogen-bond acceptors (Lipinski definition) is 3. The molecule has 5 heteroatoms. The number of carbonyl (C=O) groups excluding carboxylic acids is 2. The molecule has 0 aliphatic carbocycles. The van der Waals surface area contributed by atoms with E-state index < -0.39 is 0 Å². The highest BCUT2D eigenvalue weighted by atomic mass is 16.2. The Morgan fingerprint density at radius 2 is 1.77 bits per heavy atom. The van der Waals surface area contributed by atoms with E-state index in [2.05, 4.69) is 10.2 Å². The lowest BCUT2D eigenvalue weighted by Gasteiger charge is -2.27. The van der Waals surface area contributed by atoms with Crippen molar-refractivity contribution in [3.8, 4) is 0 Å². The third-order valence-electron chi connectivity index (χ3n) is 4.38. The first kappa shape index (κ1) is 15.0. The van der Waals surface area contributed by atoms with E-state index in [4.69, 9.17) is 0 Å². The zero-order valence-corrected chi connectivity index (χ0v) is 12.9. The molecule has 2 aliphatic heterocycles. The Balaban J connectivity index is 1.60. The summed E-state index contributed by atoms with van der Waals surface area (Å²) in [5, 5.41) is 2.73. The highest BCUT2D eigenvalue weighted by Gasteiger charge is 2.22. The van der Waals surface area contributed by atoms with Gasteiger partial charge in [-0.15, -0.1) is 0 Å². The van der Waals surface area contributed by atoms with Gasteiger partial charge in [0.05, 0.1) is 6.54 Å². The third-order valence-corrected chi connectivity index (χ3v) is 4.38. The molecule has 0 saturated carbocycles. The first-order chi connectivity index (χ1) is 10.7. The lowest BCUT2D eigenvalue weighted by atomic mass is 10.1. The average molecular weight is 301 g/mol. The maximum Gasteiger partial charge on any atom is 0.254 e. The summed E-state index contributed by atoms with van der Waals surface area (Å²) in [6.45, 7) is 4.58. The molecule has 3 rings (SSSR count). The first-order valence-corrected chi connectivity index (χ1v) is 8.10. The zero-order valence-electron chi connectivity index (χ0n) is 12.9. The van der Waals surface area contributed by atoms with Crippen molar-refractivity contribution in [1.29, 1.82) is 0 Å². The van der Waals surface area contributed by atoms with Crippen LogP contribution in [0.4, 0.5) is 0 Å². The topological polar surface area (TPSA) is 52.7 Å². The molecule has 0 aromatic heterocycles. The monoisotopic (exact) mass is 301 g/mol. The fourth-order valence-corrected chi connectivity index (χ4v) is 3.12. The van der Waals surface area contributed by atoms with Gasteiger partial charge in [-0.3, -0.25) is 14.5 Å². The van der Waals surface area contributed by atoms with Crippen LogP contribution in [0.1, 0.15) is 35.2 Å². The summed E-state index contributed by atoms with van der Waals surface area (Å²) in [4.78, 5) is 27.8. The molecule has 0 radical (unpaired) electrons. The lowest BCUT2D eigenvalue weighted by molar-refractivity contribution is -0.123. The van der Waals surface area contributed by atoms with Gasteiger partial charge in [0.2, 0.25) is 5.91 Å². The Hall–Kier alpha value is -1.88. The Kier molecular flexibility index (Phi) is 4.73. The normalized spacial score (nSPS) is 19.8. The van der Waals surface area contributed by atoms with Crippen molar-refractivity contribution in [2.75, 3.05) is 32.7 Å². The van der Waals surface area contributed by atoms with Gasteiger partial charge in [-0.1, -0.05) is 18.6 Å². The number of nitrogens with one attached hydrogen (secondary N) is 1. The molecule has 2 amide bonds. The molecule has 0 bridgehead atoms. The number of amides is 2. The van der Waals surface area contributed by atoms with Crippen molar-refractivity contribution in [2.24, 2.45) is 0 Å². The summed E-state index contributed by atoms with van der Waals surface area (Å²) in [5.74, 6) is -0.138. The van der Waals surface area contributed by atoms with Gasteiger partial charge in [0.1, 0.15) is 0 Å². The quantitative estimate of drug-likeness (QED) is 0.914. The van der Waals surface area contributed by atoms with Crippen LogP contribution in [-0.2, 0) is 11.3 Å². The number of piperidine rings is 1. The predicted molar refractivity (Wildman–Crippen MR) is 84.5 cm³/mol. The minimum Gasteiger partial charge on any atom is -0.353 e. The molecule has 5 nitrogen and oxygen atoms in total. The number of hydrogen-bond donors (Lipinski definition) is 1. The number of rotatable bonds is 3. The molecule has 0 spiro atoms. The Bertz CT molecular complexity index is 535. The second-order valence-corrected chi connectivity index (χ2v) is 6.11. The fraction of sp³-hybridized carbons (Fsp3) is 0.529. The van der Waals surface area contributed by atoms with Gasteiger partial charge in [0.25, 0.3) is 5.91 Å². The summed E-state index contributed by atoms with van der Waals surface area (Å²) in [6.07, 6.45) is 3.91. The summed E-state index contributed by atoms with van der Waals surface area (Å²) in [7, 11) is 0. The van der Waals surface area contributed by atoms with Crippen molar-refractivity contribution >= 4 is 11.8 Å². The van der Waals surface area contributed by atoms with Crippen LogP contribution in [0.25, 0.3) is 0 Å². The van der Waals surface area contributed by atoms with Crippen molar-refractivity contribution in [1.82, 2.24) is 15.1 Å².